The Bertz CT molecular complexity index is 434. The van der Waals surface area contributed by atoms with Gasteiger partial charge in [0.1, 0.15) is 12.4 Å². The van der Waals surface area contributed by atoms with Crippen LogP contribution in [0.1, 0.15) is 12.5 Å². The van der Waals surface area contributed by atoms with Crippen molar-refractivity contribution in [2.45, 2.75) is 13.3 Å². The van der Waals surface area contributed by atoms with Crippen molar-refractivity contribution in [2.24, 2.45) is 0 Å². The van der Waals surface area contributed by atoms with E-state index in [1.807, 2.05) is 0 Å². The number of amides is 1. The number of likely N-dealkylation sites (N-methyl/N-ethyl adjacent to an activating group) is 1. The van der Waals surface area contributed by atoms with Gasteiger partial charge >= 0.3 is 5.97 Å². The number of hydrogen-bond acceptors (Lipinski definition) is 3. The van der Waals surface area contributed by atoms with Gasteiger partial charge in [0.05, 0.1) is 13.0 Å². The predicted molar refractivity (Wildman–Crippen MR) is 64.4 cm³/mol. The van der Waals surface area contributed by atoms with E-state index < -0.39 is 11.8 Å². The Morgan fingerprint density at radius 1 is 1.33 bits per heavy atom. The molecule has 0 N–H and O–H groups in total. The molecular weight excluding hydrogens is 237 g/mol. The molecule has 0 fully saturated rings. The average molecular weight is 253 g/mol. The van der Waals surface area contributed by atoms with Gasteiger partial charge in [0.15, 0.2) is 0 Å². The summed E-state index contributed by atoms with van der Waals surface area (Å²) < 4.78 is 18.1. The fourth-order valence-corrected chi connectivity index (χ4v) is 1.43. The molecule has 0 radical (unpaired) electrons. The Balaban J connectivity index is 2.55. The fraction of sp³-hybridized carbons (Fsp3) is 0.385. The van der Waals surface area contributed by atoms with Gasteiger partial charge in [-0.25, -0.2) is 4.39 Å². The van der Waals surface area contributed by atoms with E-state index in [0.29, 0.717) is 5.56 Å². The number of rotatable bonds is 5. The third-order valence-electron chi connectivity index (χ3n) is 2.40. The van der Waals surface area contributed by atoms with Crippen molar-refractivity contribution in [1.29, 1.82) is 0 Å². The van der Waals surface area contributed by atoms with Crippen molar-refractivity contribution in [3.63, 3.8) is 0 Å². The van der Waals surface area contributed by atoms with E-state index in [2.05, 4.69) is 0 Å². The Kier molecular flexibility index (Phi) is 5.30. The lowest BCUT2D eigenvalue weighted by atomic mass is 10.1. The van der Waals surface area contributed by atoms with Gasteiger partial charge in [0.2, 0.25) is 5.91 Å². The van der Waals surface area contributed by atoms with Gasteiger partial charge in [-0.15, -0.1) is 0 Å². The minimum Gasteiger partial charge on any atom is -0.465 e. The van der Waals surface area contributed by atoms with E-state index in [1.54, 1.807) is 25.1 Å². The Hall–Kier alpha value is -1.91. The summed E-state index contributed by atoms with van der Waals surface area (Å²) in [5.74, 6) is -1.22. The number of benzene rings is 1. The zero-order valence-electron chi connectivity index (χ0n) is 10.5. The number of ether oxygens (including phenoxy) is 1. The molecule has 0 aliphatic rings. The molecular formula is C13H16FNO3. The number of hydrogen-bond donors (Lipinski definition) is 0. The van der Waals surface area contributed by atoms with Gasteiger partial charge in [-0.1, -0.05) is 18.2 Å². The number of carbonyl (C=O) groups excluding carboxylic acids is 2. The molecule has 1 aromatic carbocycles. The highest BCUT2D eigenvalue weighted by molar-refractivity contribution is 5.83. The lowest BCUT2D eigenvalue weighted by Gasteiger charge is -2.16. The van der Waals surface area contributed by atoms with Gasteiger partial charge in [-0.2, -0.15) is 0 Å². The predicted octanol–water partition coefficient (Wildman–Crippen LogP) is 1.39. The van der Waals surface area contributed by atoms with Crippen molar-refractivity contribution < 1.29 is 18.7 Å². The Morgan fingerprint density at radius 3 is 2.61 bits per heavy atom. The van der Waals surface area contributed by atoms with Crippen molar-refractivity contribution in [3.8, 4) is 0 Å². The number of nitrogens with zero attached hydrogens (tertiary/aromatic N) is 1. The molecule has 1 aromatic rings. The topological polar surface area (TPSA) is 46.6 Å². The van der Waals surface area contributed by atoms with Gasteiger partial charge in [0.25, 0.3) is 0 Å². The molecule has 0 saturated heterocycles. The minimum atomic E-state index is -0.470. The highest BCUT2D eigenvalue weighted by atomic mass is 19.1. The molecule has 0 atom stereocenters. The molecule has 0 unspecified atom stereocenters. The largest absolute Gasteiger partial charge is 0.465 e. The first kappa shape index (κ1) is 14.2. The van der Waals surface area contributed by atoms with E-state index in [9.17, 15) is 14.0 Å². The number of esters is 1. The minimum absolute atomic E-state index is 0.0669. The molecule has 98 valence electrons. The van der Waals surface area contributed by atoms with Crippen molar-refractivity contribution in [3.05, 3.63) is 35.6 Å². The van der Waals surface area contributed by atoms with Gasteiger partial charge in [-0.05, 0) is 18.6 Å². The molecule has 0 spiro atoms. The first-order valence-corrected chi connectivity index (χ1v) is 5.67. The molecule has 1 rings (SSSR count). The van der Waals surface area contributed by atoms with Crippen LogP contribution in [0.2, 0.25) is 0 Å². The van der Waals surface area contributed by atoms with E-state index in [1.165, 1.54) is 18.0 Å². The van der Waals surface area contributed by atoms with Crippen LogP contribution < -0.4 is 0 Å². The van der Waals surface area contributed by atoms with E-state index in [0.717, 1.165) is 0 Å². The summed E-state index contributed by atoms with van der Waals surface area (Å²) in [5, 5.41) is 0. The lowest BCUT2D eigenvalue weighted by molar-refractivity contribution is -0.147. The second kappa shape index (κ2) is 6.74. The normalized spacial score (nSPS) is 9.94. The van der Waals surface area contributed by atoms with Gasteiger partial charge in [-0.3, -0.25) is 9.59 Å². The highest BCUT2D eigenvalue weighted by Gasteiger charge is 2.15. The summed E-state index contributed by atoms with van der Waals surface area (Å²) in [7, 11) is 1.49. The van der Waals surface area contributed by atoms with E-state index >= 15 is 0 Å². The third kappa shape index (κ3) is 4.16. The second-order valence-corrected chi connectivity index (χ2v) is 3.82. The molecule has 1 amide bonds. The highest BCUT2D eigenvalue weighted by Crippen LogP contribution is 2.08. The summed E-state index contributed by atoms with van der Waals surface area (Å²) in [6.07, 6.45) is -0.0669. The van der Waals surface area contributed by atoms with Crippen LogP contribution >= 0.6 is 0 Å². The van der Waals surface area contributed by atoms with E-state index in [4.69, 9.17) is 4.74 Å². The quantitative estimate of drug-likeness (QED) is 0.745. The van der Waals surface area contributed by atoms with Crippen LogP contribution in [-0.4, -0.2) is 37.0 Å². The maximum absolute atomic E-state index is 13.3. The van der Waals surface area contributed by atoms with Crippen molar-refractivity contribution in [1.82, 2.24) is 4.90 Å². The molecule has 0 saturated carbocycles. The molecule has 0 aliphatic carbocycles. The number of carbonyl (C=O) groups is 2. The van der Waals surface area contributed by atoms with Gasteiger partial charge in [0, 0.05) is 7.05 Å². The summed E-state index contributed by atoms with van der Waals surface area (Å²) in [5.41, 5.74) is 0.318. The zero-order valence-corrected chi connectivity index (χ0v) is 10.5. The molecule has 0 aliphatic heterocycles. The van der Waals surface area contributed by atoms with Crippen LogP contribution in [0, 0.1) is 5.82 Å². The Labute approximate surface area is 105 Å². The molecule has 0 bridgehead atoms. The smallest absolute Gasteiger partial charge is 0.325 e. The maximum atomic E-state index is 13.3. The number of halogens is 1. The zero-order chi connectivity index (χ0) is 13.5. The summed E-state index contributed by atoms with van der Waals surface area (Å²) in [6, 6.07) is 6.07. The SMILES string of the molecule is CCOC(=O)CN(C)C(=O)Cc1ccccc1F. The monoisotopic (exact) mass is 253 g/mol. The summed E-state index contributed by atoms with van der Waals surface area (Å²) >= 11 is 0. The lowest BCUT2D eigenvalue weighted by Crippen LogP contribution is -2.34. The first-order valence-electron chi connectivity index (χ1n) is 5.67. The van der Waals surface area contributed by atoms with Crippen LogP contribution in [0.4, 0.5) is 4.39 Å². The van der Waals surface area contributed by atoms with Crippen LogP contribution in [0.15, 0.2) is 24.3 Å². The molecule has 18 heavy (non-hydrogen) atoms. The van der Waals surface area contributed by atoms with Crippen LogP contribution in [0.25, 0.3) is 0 Å². The standard InChI is InChI=1S/C13H16FNO3/c1-3-18-13(17)9-15(2)12(16)8-10-6-4-5-7-11(10)14/h4-7H,3,8-9H2,1-2H3. The van der Waals surface area contributed by atoms with Gasteiger partial charge < -0.3 is 9.64 Å². The van der Waals surface area contributed by atoms with Crippen molar-refractivity contribution >= 4 is 11.9 Å². The Morgan fingerprint density at radius 2 is 2.00 bits per heavy atom. The molecule has 5 heteroatoms. The van der Waals surface area contributed by atoms with Crippen LogP contribution in [0.5, 0.6) is 0 Å². The molecule has 4 nitrogen and oxygen atoms in total. The van der Waals surface area contributed by atoms with Crippen molar-refractivity contribution in [2.75, 3.05) is 20.2 Å². The van der Waals surface area contributed by atoms with E-state index in [-0.39, 0.29) is 25.5 Å². The third-order valence-corrected chi connectivity index (χ3v) is 2.40. The maximum Gasteiger partial charge on any atom is 0.325 e. The van der Waals surface area contributed by atoms with Crippen LogP contribution in [0.3, 0.4) is 0 Å². The summed E-state index contributed by atoms with van der Waals surface area (Å²) in [4.78, 5) is 24.2. The summed E-state index contributed by atoms with van der Waals surface area (Å²) in [6.45, 7) is 1.84. The fourth-order valence-electron chi connectivity index (χ4n) is 1.43. The molecule has 0 heterocycles. The molecule has 0 aromatic heterocycles. The first-order chi connectivity index (χ1) is 8.54. The second-order valence-electron chi connectivity index (χ2n) is 3.82. The van der Waals surface area contributed by atoms with Crippen LogP contribution in [-0.2, 0) is 20.7 Å². The average Bonchev–Trinajstić information content (AvgIpc) is 2.32.